The Morgan fingerprint density at radius 2 is 2.15 bits per heavy atom. The van der Waals surface area contributed by atoms with E-state index in [4.69, 9.17) is 5.11 Å². The third-order valence-electron chi connectivity index (χ3n) is 2.45. The lowest BCUT2D eigenvalue weighted by molar-refractivity contribution is -0.137. The van der Waals surface area contributed by atoms with E-state index < -0.39 is 0 Å². The zero-order valence-corrected chi connectivity index (χ0v) is 8.36. The van der Waals surface area contributed by atoms with Crippen molar-refractivity contribution >= 4 is 5.91 Å². The number of carbonyl (C=O) groups excluding carboxylic acids is 1. The molecule has 1 aliphatic rings. The predicted octanol–water partition coefficient (Wildman–Crippen LogP) is -0.469. The van der Waals surface area contributed by atoms with Crippen LogP contribution < -0.4 is 0 Å². The molecule has 1 aliphatic heterocycles. The number of amides is 1. The molecule has 1 heterocycles. The Hall–Kier alpha value is -0.610. The molecule has 0 aromatic rings. The van der Waals surface area contributed by atoms with Crippen LogP contribution in [0.4, 0.5) is 0 Å². The molecule has 4 heteroatoms. The minimum Gasteiger partial charge on any atom is -0.395 e. The van der Waals surface area contributed by atoms with Crippen molar-refractivity contribution in [2.45, 2.75) is 19.9 Å². The van der Waals surface area contributed by atoms with E-state index in [1.807, 2.05) is 0 Å². The molecular formula is C9H18N2O2. The van der Waals surface area contributed by atoms with Gasteiger partial charge in [0, 0.05) is 25.7 Å². The fourth-order valence-electron chi connectivity index (χ4n) is 1.52. The first-order chi connectivity index (χ1) is 6.15. The monoisotopic (exact) mass is 186 g/mol. The van der Waals surface area contributed by atoms with Gasteiger partial charge in [0.2, 0.25) is 5.91 Å². The molecule has 76 valence electrons. The molecule has 0 atom stereocenters. The average Bonchev–Trinajstić information content (AvgIpc) is 2.08. The average molecular weight is 186 g/mol. The molecule has 0 aromatic carbocycles. The number of piperazine rings is 1. The molecule has 1 saturated heterocycles. The van der Waals surface area contributed by atoms with Gasteiger partial charge in [0.05, 0.1) is 13.2 Å². The first-order valence-electron chi connectivity index (χ1n) is 4.78. The van der Waals surface area contributed by atoms with Crippen molar-refractivity contribution in [1.29, 1.82) is 0 Å². The van der Waals surface area contributed by atoms with E-state index >= 15 is 0 Å². The Morgan fingerprint density at radius 3 is 2.62 bits per heavy atom. The topological polar surface area (TPSA) is 43.8 Å². The van der Waals surface area contributed by atoms with Crippen molar-refractivity contribution in [3.63, 3.8) is 0 Å². The van der Waals surface area contributed by atoms with Crippen LogP contribution in [0.5, 0.6) is 0 Å². The number of nitrogens with zero attached hydrogens (tertiary/aromatic N) is 2. The van der Waals surface area contributed by atoms with Gasteiger partial charge >= 0.3 is 0 Å². The molecular weight excluding hydrogens is 168 g/mol. The van der Waals surface area contributed by atoms with Crippen LogP contribution in [-0.2, 0) is 4.79 Å². The van der Waals surface area contributed by atoms with Gasteiger partial charge in [-0.25, -0.2) is 0 Å². The molecule has 1 fully saturated rings. The van der Waals surface area contributed by atoms with Gasteiger partial charge in [-0.1, -0.05) is 0 Å². The SMILES string of the molecule is CC(C)N1CCN(CCO)C(=O)C1. The fraction of sp³-hybridized carbons (Fsp3) is 0.889. The molecule has 0 unspecified atom stereocenters. The van der Waals surface area contributed by atoms with Gasteiger partial charge in [-0.15, -0.1) is 0 Å². The first kappa shape index (κ1) is 10.5. The summed E-state index contributed by atoms with van der Waals surface area (Å²) in [5.74, 6) is 0.133. The summed E-state index contributed by atoms with van der Waals surface area (Å²) in [4.78, 5) is 15.3. The Kier molecular flexibility index (Phi) is 3.69. The second-order valence-electron chi connectivity index (χ2n) is 3.67. The lowest BCUT2D eigenvalue weighted by Crippen LogP contribution is -2.52. The van der Waals surface area contributed by atoms with E-state index in [9.17, 15) is 4.79 Å². The maximum atomic E-state index is 11.5. The van der Waals surface area contributed by atoms with Gasteiger partial charge in [-0.05, 0) is 13.8 Å². The van der Waals surface area contributed by atoms with Crippen molar-refractivity contribution in [2.24, 2.45) is 0 Å². The van der Waals surface area contributed by atoms with Gasteiger partial charge in [-0.2, -0.15) is 0 Å². The lowest BCUT2D eigenvalue weighted by Gasteiger charge is -2.36. The summed E-state index contributed by atoms with van der Waals surface area (Å²) in [6.45, 7) is 6.89. The van der Waals surface area contributed by atoms with Crippen molar-refractivity contribution in [3.05, 3.63) is 0 Å². The van der Waals surface area contributed by atoms with E-state index in [1.54, 1.807) is 4.90 Å². The lowest BCUT2D eigenvalue weighted by atomic mass is 10.2. The highest BCUT2D eigenvalue weighted by atomic mass is 16.3. The maximum Gasteiger partial charge on any atom is 0.236 e. The minimum atomic E-state index is 0.0629. The van der Waals surface area contributed by atoms with Crippen molar-refractivity contribution in [3.8, 4) is 0 Å². The van der Waals surface area contributed by atoms with Gasteiger partial charge in [0.25, 0.3) is 0 Å². The number of hydrogen-bond donors (Lipinski definition) is 1. The number of aliphatic hydroxyl groups excluding tert-OH is 1. The van der Waals surface area contributed by atoms with Crippen LogP contribution in [0, 0.1) is 0 Å². The largest absolute Gasteiger partial charge is 0.395 e. The van der Waals surface area contributed by atoms with Crippen molar-refractivity contribution in [1.82, 2.24) is 9.80 Å². The third-order valence-corrected chi connectivity index (χ3v) is 2.45. The summed E-state index contributed by atoms with van der Waals surface area (Å²) in [6, 6.07) is 0.431. The number of rotatable bonds is 3. The maximum absolute atomic E-state index is 11.5. The van der Waals surface area contributed by atoms with Gasteiger partial charge in [-0.3, -0.25) is 9.69 Å². The van der Waals surface area contributed by atoms with Gasteiger partial charge in [0.1, 0.15) is 0 Å². The first-order valence-corrected chi connectivity index (χ1v) is 4.78. The molecule has 0 radical (unpaired) electrons. The molecule has 13 heavy (non-hydrogen) atoms. The highest BCUT2D eigenvalue weighted by molar-refractivity contribution is 5.79. The van der Waals surface area contributed by atoms with Crippen LogP contribution in [-0.4, -0.2) is 59.6 Å². The molecule has 1 amide bonds. The molecule has 0 bridgehead atoms. The third kappa shape index (κ3) is 2.67. The minimum absolute atomic E-state index is 0.0629. The summed E-state index contributed by atoms with van der Waals surface area (Å²) in [5.41, 5.74) is 0. The smallest absolute Gasteiger partial charge is 0.236 e. The molecule has 0 spiro atoms. The van der Waals surface area contributed by atoms with Crippen molar-refractivity contribution < 1.29 is 9.90 Å². The summed E-state index contributed by atoms with van der Waals surface area (Å²) in [7, 11) is 0. The highest BCUT2D eigenvalue weighted by Gasteiger charge is 2.24. The normalized spacial score (nSPS) is 20.0. The zero-order chi connectivity index (χ0) is 9.84. The van der Waals surface area contributed by atoms with Crippen LogP contribution in [0.2, 0.25) is 0 Å². The molecule has 1 rings (SSSR count). The van der Waals surface area contributed by atoms with Crippen LogP contribution in [0.1, 0.15) is 13.8 Å². The van der Waals surface area contributed by atoms with Crippen molar-refractivity contribution in [2.75, 3.05) is 32.8 Å². The van der Waals surface area contributed by atoms with Crippen LogP contribution in [0.15, 0.2) is 0 Å². The van der Waals surface area contributed by atoms with E-state index in [2.05, 4.69) is 18.7 Å². The summed E-state index contributed by atoms with van der Waals surface area (Å²) in [5, 5.41) is 8.70. The second-order valence-corrected chi connectivity index (χ2v) is 3.67. The molecule has 4 nitrogen and oxygen atoms in total. The Labute approximate surface area is 79.1 Å². The van der Waals surface area contributed by atoms with Gasteiger partial charge < -0.3 is 10.0 Å². The summed E-state index contributed by atoms with van der Waals surface area (Å²) < 4.78 is 0. The molecule has 0 saturated carbocycles. The van der Waals surface area contributed by atoms with Crippen LogP contribution >= 0.6 is 0 Å². The Balaban J connectivity index is 2.42. The second kappa shape index (κ2) is 4.58. The number of β-amino-alcohol motifs (C(OH)–C–C–N with tert-alkyl or cyclic N) is 1. The fourth-order valence-corrected chi connectivity index (χ4v) is 1.52. The molecule has 0 aliphatic carbocycles. The summed E-state index contributed by atoms with van der Waals surface area (Å²) in [6.07, 6.45) is 0. The van der Waals surface area contributed by atoms with E-state index in [1.165, 1.54) is 0 Å². The Morgan fingerprint density at radius 1 is 1.46 bits per heavy atom. The quantitative estimate of drug-likeness (QED) is 0.648. The van der Waals surface area contributed by atoms with Gasteiger partial charge in [0.15, 0.2) is 0 Å². The standard InChI is InChI=1S/C9H18N2O2/c1-8(2)11-4-3-10(5-6-12)9(13)7-11/h8,12H,3-7H2,1-2H3. The van der Waals surface area contributed by atoms with Crippen LogP contribution in [0.3, 0.4) is 0 Å². The van der Waals surface area contributed by atoms with Crippen LogP contribution in [0.25, 0.3) is 0 Å². The predicted molar refractivity (Wildman–Crippen MR) is 50.4 cm³/mol. The number of carbonyl (C=O) groups is 1. The number of hydrogen-bond acceptors (Lipinski definition) is 3. The van der Waals surface area contributed by atoms with E-state index in [0.717, 1.165) is 13.1 Å². The van der Waals surface area contributed by atoms with E-state index in [0.29, 0.717) is 19.1 Å². The molecule has 1 N–H and O–H groups in total. The van der Waals surface area contributed by atoms with E-state index in [-0.39, 0.29) is 12.5 Å². The highest BCUT2D eigenvalue weighted by Crippen LogP contribution is 2.06. The number of aliphatic hydroxyl groups is 1. The zero-order valence-electron chi connectivity index (χ0n) is 8.36. The summed E-state index contributed by atoms with van der Waals surface area (Å²) >= 11 is 0. The molecule has 0 aromatic heterocycles. The Bertz CT molecular complexity index is 182.